The van der Waals surface area contributed by atoms with E-state index in [1.807, 2.05) is 31.2 Å². The third-order valence-electron chi connectivity index (χ3n) is 3.55. The van der Waals surface area contributed by atoms with Gasteiger partial charge in [0.05, 0.1) is 6.54 Å². The molecule has 9 heteroatoms. The number of benzene rings is 1. The van der Waals surface area contributed by atoms with Crippen molar-refractivity contribution in [2.24, 2.45) is 4.99 Å². The Morgan fingerprint density at radius 3 is 2.75 bits per heavy atom. The molecule has 0 spiro atoms. The first kappa shape index (κ1) is 21.9. The molecule has 0 atom stereocenters. The molecule has 0 saturated heterocycles. The van der Waals surface area contributed by atoms with E-state index in [-0.39, 0.29) is 6.54 Å². The van der Waals surface area contributed by atoms with Crippen LogP contribution in [0.1, 0.15) is 12.5 Å². The van der Waals surface area contributed by atoms with Crippen LogP contribution in [0.25, 0.3) is 0 Å². The molecule has 7 nitrogen and oxygen atoms in total. The summed E-state index contributed by atoms with van der Waals surface area (Å²) in [5.74, 6) is 1.38. The molecule has 2 aromatic rings. The number of nitrogens with one attached hydrogen (secondary N) is 3. The lowest BCUT2D eigenvalue weighted by Gasteiger charge is -2.13. The van der Waals surface area contributed by atoms with Gasteiger partial charge in [-0.15, -0.1) is 11.3 Å². The van der Waals surface area contributed by atoms with Gasteiger partial charge in [-0.2, -0.15) is 0 Å². The van der Waals surface area contributed by atoms with Crippen LogP contribution in [-0.4, -0.2) is 40.6 Å². The number of aliphatic imine (C=N–C) groups is 1. The second-order valence-electron chi connectivity index (χ2n) is 5.66. The van der Waals surface area contributed by atoms with Crippen molar-refractivity contribution in [1.29, 1.82) is 0 Å². The monoisotopic (exact) mass is 422 g/mol. The average molecular weight is 423 g/mol. The summed E-state index contributed by atoms with van der Waals surface area (Å²) in [6, 6.07) is 11.0. The molecule has 0 bridgehead atoms. The van der Waals surface area contributed by atoms with Gasteiger partial charge in [0.1, 0.15) is 16.6 Å². The SMILES string of the molecule is C=CCOc1ccccc1CN=C(NCC)NCCNS(=O)(=O)c1cccs1. The molecule has 0 aliphatic heterocycles. The summed E-state index contributed by atoms with van der Waals surface area (Å²) < 4.78 is 32.7. The standard InChI is InChI=1S/C19H26N4O3S2/c1-3-13-26-17-9-6-5-8-16(17)15-22-19(20-4-2)21-11-12-23-28(24,25)18-10-7-14-27-18/h3,5-10,14,23H,1,4,11-13,15H2,2H3,(H2,20,21,22). The summed E-state index contributed by atoms with van der Waals surface area (Å²) >= 11 is 1.19. The minimum atomic E-state index is -3.45. The Balaban J connectivity index is 1.90. The summed E-state index contributed by atoms with van der Waals surface area (Å²) in [6.45, 7) is 7.85. The zero-order valence-corrected chi connectivity index (χ0v) is 17.5. The van der Waals surface area contributed by atoms with Gasteiger partial charge >= 0.3 is 0 Å². The molecule has 0 aliphatic rings. The molecule has 152 valence electrons. The Labute approximate surface area is 170 Å². The van der Waals surface area contributed by atoms with Gasteiger partial charge in [-0.3, -0.25) is 0 Å². The van der Waals surface area contributed by atoms with Crippen molar-refractivity contribution >= 4 is 27.3 Å². The number of thiophene rings is 1. The van der Waals surface area contributed by atoms with Crippen LogP contribution in [0.15, 0.2) is 63.6 Å². The second kappa shape index (κ2) is 11.5. The summed E-state index contributed by atoms with van der Waals surface area (Å²) in [7, 11) is -3.45. The highest BCUT2D eigenvalue weighted by molar-refractivity contribution is 7.91. The Bertz CT molecular complexity index is 865. The lowest BCUT2D eigenvalue weighted by atomic mass is 10.2. The maximum absolute atomic E-state index is 12.1. The summed E-state index contributed by atoms with van der Waals surface area (Å²) in [5, 5.41) is 8.01. The molecule has 28 heavy (non-hydrogen) atoms. The van der Waals surface area contributed by atoms with Gasteiger partial charge in [0.25, 0.3) is 0 Å². The Kier molecular flexibility index (Phi) is 8.99. The minimum Gasteiger partial charge on any atom is -0.489 e. The highest BCUT2D eigenvalue weighted by Gasteiger charge is 2.13. The Hall–Kier alpha value is -2.36. The van der Waals surface area contributed by atoms with Crippen molar-refractivity contribution in [1.82, 2.24) is 15.4 Å². The lowest BCUT2D eigenvalue weighted by molar-refractivity contribution is 0.359. The number of hydrogen-bond donors (Lipinski definition) is 3. The third-order valence-corrected chi connectivity index (χ3v) is 6.41. The fraction of sp³-hybridized carbons (Fsp3) is 0.316. The van der Waals surface area contributed by atoms with Crippen molar-refractivity contribution in [2.45, 2.75) is 17.7 Å². The molecular formula is C19H26N4O3S2. The molecule has 2 rings (SSSR count). The van der Waals surface area contributed by atoms with E-state index in [9.17, 15) is 8.42 Å². The zero-order valence-electron chi connectivity index (χ0n) is 15.8. The highest BCUT2D eigenvalue weighted by Crippen LogP contribution is 2.18. The predicted molar refractivity (Wildman–Crippen MR) is 114 cm³/mol. The highest BCUT2D eigenvalue weighted by atomic mass is 32.2. The van der Waals surface area contributed by atoms with Crippen molar-refractivity contribution in [2.75, 3.05) is 26.2 Å². The second-order valence-corrected chi connectivity index (χ2v) is 8.60. The first-order valence-corrected chi connectivity index (χ1v) is 11.3. The third kappa shape index (κ3) is 6.99. The van der Waals surface area contributed by atoms with Gasteiger partial charge in [0, 0.05) is 25.2 Å². The number of nitrogens with zero attached hydrogens (tertiary/aromatic N) is 1. The first-order valence-electron chi connectivity index (χ1n) is 8.93. The number of sulfonamides is 1. The molecule has 1 aromatic heterocycles. The molecule has 0 saturated carbocycles. The number of para-hydroxylation sites is 1. The van der Waals surface area contributed by atoms with Crippen LogP contribution in [0.3, 0.4) is 0 Å². The maximum atomic E-state index is 12.1. The molecule has 0 aliphatic carbocycles. The van der Waals surface area contributed by atoms with Crippen LogP contribution >= 0.6 is 11.3 Å². The lowest BCUT2D eigenvalue weighted by Crippen LogP contribution is -2.41. The fourth-order valence-electron chi connectivity index (χ4n) is 2.28. The smallest absolute Gasteiger partial charge is 0.250 e. The van der Waals surface area contributed by atoms with Gasteiger partial charge < -0.3 is 15.4 Å². The van der Waals surface area contributed by atoms with Crippen molar-refractivity contribution in [3.05, 3.63) is 60.0 Å². The van der Waals surface area contributed by atoms with Gasteiger partial charge in [-0.05, 0) is 24.4 Å². The average Bonchev–Trinajstić information content (AvgIpc) is 3.24. The summed E-state index contributed by atoms with van der Waals surface area (Å²) in [5.41, 5.74) is 0.958. The quantitative estimate of drug-likeness (QED) is 0.224. The fourth-order valence-corrected chi connectivity index (χ4v) is 4.35. The van der Waals surface area contributed by atoms with Gasteiger partial charge in [0.2, 0.25) is 10.0 Å². The van der Waals surface area contributed by atoms with Crippen LogP contribution in [0.5, 0.6) is 5.75 Å². The van der Waals surface area contributed by atoms with Crippen LogP contribution < -0.4 is 20.1 Å². The van der Waals surface area contributed by atoms with Crippen molar-refractivity contribution in [3.63, 3.8) is 0 Å². The Morgan fingerprint density at radius 2 is 2.04 bits per heavy atom. The summed E-state index contributed by atoms with van der Waals surface area (Å²) in [6.07, 6.45) is 1.70. The molecule has 0 radical (unpaired) electrons. The maximum Gasteiger partial charge on any atom is 0.250 e. The number of guanidine groups is 1. The molecule has 0 fully saturated rings. The van der Waals surface area contributed by atoms with Crippen molar-refractivity contribution < 1.29 is 13.2 Å². The van der Waals surface area contributed by atoms with Crippen LogP contribution in [0.2, 0.25) is 0 Å². The Morgan fingerprint density at radius 1 is 1.21 bits per heavy atom. The molecule has 1 heterocycles. The van der Waals surface area contributed by atoms with Gasteiger partial charge in [-0.1, -0.05) is 36.9 Å². The molecular weight excluding hydrogens is 396 g/mol. The van der Waals surface area contributed by atoms with Crippen LogP contribution in [0.4, 0.5) is 0 Å². The summed E-state index contributed by atoms with van der Waals surface area (Å²) in [4.78, 5) is 4.55. The van der Waals surface area contributed by atoms with E-state index >= 15 is 0 Å². The van der Waals surface area contributed by atoms with E-state index in [1.54, 1.807) is 23.6 Å². The van der Waals surface area contributed by atoms with Gasteiger partial charge in [0.15, 0.2) is 5.96 Å². The molecule has 1 aromatic carbocycles. The minimum absolute atomic E-state index is 0.254. The van der Waals surface area contributed by atoms with E-state index < -0.39 is 10.0 Å². The van der Waals surface area contributed by atoms with Crippen LogP contribution in [0, 0.1) is 0 Å². The molecule has 0 amide bonds. The molecule has 0 unspecified atom stereocenters. The van der Waals surface area contributed by atoms with E-state index in [4.69, 9.17) is 4.74 Å². The van der Waals surface area contributed by atoms with Crippen molar-refractivity contribution in [3.8, 4) is 5.75 Å². The number of ether oxygens (including phenoxy) is 1. The zero-order chi connectivity index (χ0) is 20.2. The largest absolute Gasteiger partial charge is 0.489 e. The van der Waals surface area contributed by atoms with Crippen LogP contribution in [-0.2, 0) is 16.6 Å². The normalized spacial score (nSPS) is 11.8. The predicted octanol–water partition coefficient (Wildman–Crippen LogP) is 2.35. The van der Waals surface area contributed by atoms with E-state index in [2.05, 4.69) is 26.9 Å². The van der Waals surface area contributed by atoms with Gasteiger partial charge in [-0.25, -0.2) is 18.1 Å². The van der Waals surface area contributed by atoms with E-state index in [0.717, 1.165) is 11.3 Å². The first-order chi connectivity index (χ1) is 13.6. The van der Waals surface area contributed by atoms with E-state index in [1.165, 1.54) is 11.3 Å². The van der Waals surface area contributed by atoms with E-state index in [0.29, 0.717) is 36.4 Å². The topological polar surface area (TPSA) is 91.8 Å². The number of rotatable bonds is 11. The number of hydrogen-bond acceptors (Lipinski definition) is 5. The molecule has 3 N–H and O–H groups in total.